The summed E-state index contributed by atoms with van der Waals surface area (Å²) in [7, 11) is 1.49. The molecule has 19 heavy (non-hydrogen) atoms. The van der Waals surface area contributed by atoms with Crippen LogP contribution in [0.1, 0.15) is 5.82 Å². The third-order valence-electron chi connectivity index (χ3n) is 2.33. The van der Waals surface area contributed by atoms with Crippen molar-refractivity contribution in [3.63, 3.8) is 0 Å². The summed E-state index contributed by atoms with van der Waals surface area (Å²) in [5.41, 5.74) is -0.594. The quantitative estimate of drug-likeness (QED) is 0.902. The highest BCUT2D eigenvalue weighted by molar-refractivity contribution is 6.32. The zero-order valence-corrected chi connectivity index (χ0v) is 11.0. The number of hydrogen-bond donors (Lipinski definition) is 2. The molecule has 0 fully saturated rings. The number of aromatic hydroxyl groups is 1. The number of aromatic amines is 1. The number of nitrogens with one attached hydrogen (secondary N) is 1. The van der Waals surface area contributed by atoms with Gasteiger partial charge in [-0.05, 0) is 19.1 Å². The van der Waals surface area contributed by atoms with Crippen molar-refractivity contribution in [3.05, 3.63) is 39.4 Å². The Morgan fingerprint density at radius 2 is 2.16 bits per heavy atom. The van der Waals surface area contributed by atoms with E-state index in [0.717, 1.165) is 0 Å². The van der Waals surface area contributed by atoms with Crippen molar-refractivity contribution in [3.8, 4) is 23.1 Å². The van der Waals surface area contributed by atoms with E-state index in [9.17, 15) is 9.90 Å². The molecule has 7 heteroatoms. The van der Waals surface area contributed by atoms with E-state index < -0.39 is 11.4 Å². The highest BCUT2D eigenvalue weighted by Gasteiger charge is 2.14. The van der Waals surface area contributed by atoms with Gasteiger partial charge in [-0.15, -0.1) is 0 Å². The van der Waals surface area contributed by atoms with Crippen molar-refractivity contribution in [2.24, 2.45) is 0 Å². The van der Waals surface area contributed by atoms with Gasteiger partial charge >= 0.3 is 0 Å². The third-order valence-corrected chi connectivity index (χ3v) is 2.64. The molecule has 6 nitrogen and oxygen atoms in total. The Balaban J connectivity index is 2.44. The maximum Gasteiger partial charge on any atom is 0.298 e. The van der Waals surface area contributed by atoms with Gasteiger partial charge in [-0.3, -0.25) is 4.79 Å². The molecule has 1 aromatic carbocycles. The maximum absolute atomic E-state index is 11.7. The summed E-state index contributed by atoms with van der Waals surface area (Å²) in [6.45, 7) is 1.55. The van der Waals surface area contributed by atoms with Crippen molar-refractivity contribution < 1.29 is 14.6 Å². The van der Waals surface area contributed by atoms with Gasteiger partial charge in [-0.25, -0.2) is 0 Å². The van der Waals surface area contributed by atoms with Crippen LogP contribution in [0.2, 0.25) is 5.02 Å². The second kappa shape index (κ2) is 5.19. The molecule has 0 atom stereocenters. The SMILES string of the molecule is COc1ccc(Cl)c(Oc2c(O)nc(C)[nH]c2=O)c1. The molecule has 2 aromatic rings. The maximum atomic E-state index is 11.7. The first-order valence-corrected chi connectivity index (χ1v) is 5.70. The number of benzene rings is 1. The molecular formula is C12H11ClN2O4. The summed E-state index contributed by atoms with van der Waals surface area (Å²) < 4.78 is 10.3. The van der Waals surface area contributed by atoms with E-state index >= 15 is 0 Å². The van der Waals surface area contributed by atoms with E-state index in [-0.39, 0.29) is 22.3 Å². The van der Waals surface area contributed by atoms with E-state index in [1.54, 1.807) is 19.1 Å². The second-order valence-corrected chi connectivity index (χ2v) is 4.11. The van der Waals surface area contributed by atoms with Crippen molar-refractivity contribution in [1.29, 1.82) is 0 Å². The topological polar surface area (TPSA) is 84.4 Å². The molecule has 0 saturated carbocycles. The Bertz CT molecular complexity index is 669. The predicted molar refractivity (Wildman–Crippen MR) is 69.3 cm³/mol. The van der Waals surface area contributed by atoms with E-state index in [4.69, 9.17) is 21.1 Å². The van der Waals surface area contributed by atoms with E-state index in [0.29, 0.717) is 5.75 Å². The van der Waals surface area contributed by atoms with Gasteiger partial charge in [0, 0.05) is 6.07 Å². The molecule has 0 amide bonds. The molecule has 1 heterocycles. The van der Waals surface area contributed by atoms with Gasteiger partial charge in [0.25, 0.3) is 17.2 Å². The normalized spacial score (nSPS) is 10.3. The second-order valence-electron chi connectivity index (χ2n) is 3.70. The Kier molecular flexibility index (Phi) is 3.62. The molecular weight excluding hydrogens is 272 g/mol. The standard InChI is InChI=1S/C12H11ClN2O4/c1-6-14-11(16)10(12(17)15-6)19-9-5-7(18-2)3-4-8(9)13/h3-5H,1-2H3,(H2,14,15,16,17). The summed E-state index contributed by atoms with van der Waals surface area (Å²) in [4.78, 5) is 17.8. The summed E-state index contributed by atoms with van der Waals surface area (Å²) in [6, 6.07) is 4.70. The number of hydrogen-bond acceptors (Lipinski definition) is 5. The zero-order valence-electron chi connectivity index (χ0n) is 10.2. The number of methoxy groups -OCH3 is 1. The number of ether oxygens (including phenoxy) is 2. The van der Waals surface area contributed by atoms with Gasteiger partial charge in [0.15, 0.2) is 0 Å². The minimum atomic E-state index is -0.594. The molecule has 0 saturated heterocycles. The minimum absolute atomic E-state index is 0.187. The molecule has 0 aliphatic rings. The number of rotatable bonds is 3. The smallest absolute Gasteiger partial charge is 0.298 e. The van der Waals surface area contributed by atoms with Crippen LogP contribution >= 0.6 is 11.6 Å². The lowest BCUT2D eigenvalue weighted by atomic mass is 10.3. The minimum Gasteiger partial charge on any atom is -0.497 e. The summed E-state index contributed by atoms with van der Waals surface area (Å²) in [6.07, 6.45) is 0. The van der Waals surface area contributed by atoms with E-state index in [1.807, 2.05) is 0 Å². The Morgan fingerprint density at radius 3 is 2.79 bits per heavy atom. The molecule has 0 unspecified atom stereocenters. The fourth-order valence-electron chi connectivity index (χ4n) is 1.45. The van der Waals surface area contributed by atoms with Gasteiger partial charge in [0.05, 0.1) is 12.1 Å². The van der Waals surface area contributed by atoms with Gasteiger partial charge in [0.1, 0.15) is 17.3 Å². The van der Waals surface area contributed by atoms with E-state index in [1.165, 1.54) is 13.2 Å². The van der Waals surface area contributed by atoms with Crippen LogP contribution in [-0.2, 0) is 0 Å². The van der Waals surface area contributed by atoms with Crippen LogP contribution in [0.15, 0.2) is 23.0 Å². The lowest BCUT2D eigenvalue weighted by Gasteiger charge is -2.09. The summed E-state index contributed by atoms with van der Waals surface area (Å²) in [5, 5.41) is 9.90. The fourth-order valence-corrected chi connectivity index (χ4v) is 1.61. The lowest BCUT2D eigenvalue weighted by Crippen LogP contribution is -2.11. The number of aromatic nitrogens is 2. The molecule has 0 spiro atoms. The first kappa shape index (κ1) is 13.2. The molecule has 0 aliphatic carbocycles. The number of nitrogens with zero attached hydrogens (tertiary/aromatic N) is 1. The van der Waals surface area contributed by atoms with Gasteiger partial charge in [-0.2, -0.15) is 4.98 Å². The van der Waals surface area contributed by atoms with Gasteiger partial charge in [0.2, 0.25) is 0 Å². The predicted octanol–water partition coefficient (Wildman–Crippen LogP) is 2.24. The fraction of sp³-hybridized carbons (Fsp3) is 0.167. The molecule has 1 aromatic heterocycles. The molecule has 0 aliphatic heterocycles. The van der Waals surface area contributed by atoms with Crippen molar-refractivity contribution in [2.45, 2.75) is 6.92 Å². The van der Waals surface area contributed by atoms with Crippen LogP contribution in [0.4, 0.5) is 0 Å². The monoisotopic (exact) mass is 282 g/mol. The van der Waals surface area contributed by atoms with Crippen LogP contribution in [-0.4, -0.2) is 22.2 Å². The summed E-state index contributed by atoms with van der Waals surface area (Å²) in [5.74, 6) is 0.162. The van der Waals surface area contributed by atoms with Crippen LogP contribution in [0.5, 0.6) is 23.1 Å². The van der Waals surface area contributed by atoms with Crippen molar-refractivity contribution in [1.82, 2.24) is 9.97 Å². The molecule has 0 radical (unpaired) electrons. The highest BCUT2D eigenvalue weighted by Crippen LogP contribution is 2.33. The zero-order chi connectivity index (χ0) is 14.0. The highest BCUT2D eigenvalue weighted by atomic mass is 35.5. The largest absolute Gasteiger partial charge is 0.497 e. The average molecular weight is 283 g/mol. The molecule has 100 valence electrons. The Hall–Kier alpha value is -2.21. The first-order chi connectivity index (χ1) is 9.01. The lowest BCUT2D eigenvalue weighted by molar-refractivity contribution is 0.382. The third kappa shape index (κ3) is 2.79. The Labute approximate surface area is 113 Å². The van der Waals surface area contributed by atoms with Crippen LogP contribution in [0.3, 0.4) is 0 Å². The Morgan fingerprint density at radius 1 is 1.42 bits per heavy atom. The molecule has 2 N–H and O–H groups in total. The summed E-state index contributed by atoms with van der Waals surface area (Å²) >= 11 is 5.94. The number of halogens is 1. The van der Waals surface area contributed by atoms with Crippen molar-refractivity contribution >= 4 is 11.6 Å². The van der Waals surface area contributed by atoms with Crippen LogP contribution < -0.4 is 15.0 Å². The van der Waals surface area contributed by atoms with Crippen LogP contribution in [0.25, 0.3) is 0 Å². The van der Waals surface area contributed by atoms with Crippen LogP contribution in [0, 0.1) is 6.92 Å². The molecule has 2 rings (SSSR count). The average Bonchev–Trinajstić information content (AvgIpc) is 2.35. The number of aryl methyl sites for hydroxylation is 1. The van der Waals surface area contributed by atoms with Crippen molar-refractivity contribution in [2.75, 3.05) is 7.11 Å². The molecule has 0 bridgehead atoms. The first-order valence-electron chi connectivity index (χ1n) is 5.32. The van der Waals surface area contributed by atoms with E-state index in [2.05, 4.69) is 9.97 Å². The number of H-pyrrole nitrogens is 1. The van der Waals surface area contributed by atoms with Gasteiger partial charge in [-0.1, -0.05) is 11.6 Å². The van der Waals surface area contributed by atoms with Gasteiger partial charge < -0.3 is 19.6 Å².